The first kappa shape index (κ1) is 10.5. The van der Waals surface area contributed by atoms with Crippen LogP contribution in [0.15, 0.2) is 4.99 Å². The highest BCUT2D eigenvalue weighted by Gasteiger charge is 2.45. The summed E-state index contributed by atoms with van der Waals surface area (Å²) in [4.78, 5) is 14.5. The minimum atomic E-state index is -0.977. The van der Waals surface area contributed by atoms with Crippen molar-refractivity contribution in [3.63, 3.8) is 0 Å². The van der Waals surface area contributed by atoms with Crippen LogP contribution in [-0.4, -0.2) is 29.7 Å². The van der Waals surface area contributed by atoms with Crippen LogP contribution >= 0.6 is 11.6 Å². The maximum atomic E-state index is 11.3. The minimum Gasteiger partial charge on any atom is -0.464 e. The fourth-order valence-electron chi connectivity index (χ4n) is 1.23. The largest absolute Gasteiger partial charge is 0.464 e. The first-order valence-electron chi connectivity index (χ1n) is 4.49. The number of carbonyl (C=O) groups excluding carboxylic acids is 1. The normalized spacial score (nSPS) is 29.2. The highest BCUT2D eigenvalue weighted by Crippen LogP contribution is 2.29. The molecule has 1 fully saturated rings. The number of hydrogen-bond donors (Lipinski definition) is 0. The van der Waals surface area contributed by atoms with E-state index in [2.05, 4.69) is 4.99 Å². The molecule has 4 heteroatoms. The number of esters is 1. The van der Waals surface area contributed by atoms with Crippen molar-refractivity contribution in [2.75, 3.05) is 13.2 Å². The third-order valence-corrected chi connectivity index (χ3v) is 2.77. The number of ether oxygens (including phenoxy) is 1. The van der Waals surface area contributed by atoms with E-state index < -0.39 is 4.87 Å². The Morgan fingerprint density at radius 3 is 2.92 bits per heavy atom. The molecule has 1 atom stereocenters. The molecule has 1 aliphatic rings. The molecule has 0 amide bonds. The van der Waals surface area contributed by atoms with Crippen molar-refractivity contribution in [3.05, 3.63) is 0 Å². The molecular weight excluding hydrogens is 190 g/mol. The molecule has 0 aromatic rings. The van der Waals surface area contributed by atoms with Crippen LogP contribution in [0.2, 0.25) is 0 Å². The van der Waals surface area contributed by atoms with Gasteiger partial charge >= 0.3 is 5.97 Å². The van der Waals surface area contributed by atoms with Crippen LogP contribution in [0.3, 0.4) is 0 Å². The Labute approximate surface area is 83.1 Å². The smallest absolute Gasteiger partial charge is 0.333 e. The van der Waals surface area contributed by atoms with E-state index in [0.717, 1.165) is 6.42 Å². The van der Waals surface area contributed by atoms with Gasteiger partial charge in [-0.2, -0.15) is 0 Å². The number of rotatable bonds is 3. The lowest BCUT2D eigenvalue weighted by molar-refractivity contribution is -0.138. The number of carbonyl (C=O) groups is 1. The molecule has 1 heterocycles. The van der Waals surface area contributed by atoms with Gasteiger partial charge in [-0.25, -0.2) is 4.79 Å². The molecule has 0 spiro atoms. The highest BCUT2D eigenvalue weighted by atomic mass is 35.5. The summed E-state index contributed by atoms with van der Waals surface area (Å²) in [6, 6.07) is 0. The van der Waals surface area contributed by atoms with Gasteiger partial charge in [0.2, 0.25) is 0 Å². The minimum absolute atomic E-state index is 0.355. The van der Waals surface area contributed by atoms with Gasteiger partial charge in [0.1, 0.15) is 0 Å². The molecule has 1 aliphatic heterocycles. The van der Waals surface area contributed by atoms with E-state index in [1.807, 2.05) is 6.92 Å². The molecule has 13 heavy (non-hydrogen) atoms. The standard InChI is InChI=1S/C9H14ClNO2/c1-3-5-11-7(2)9(10)4-6-13-8(9)12/h3-6H2,1-2H3. The topological polar surface area (TPSA) is 38.7 Å². The number of alkyl halides is 1. The average Bonchev–Trinajstić information content (AvgIpc) is 2.44. The zero-order valence-corrected chi connectivity index (χ0v) is 8.73. The number of hydrogen-bond acceptors (Lipinski definition) is 3. The van der Waals surface area contributed by atoms with Crippen molar-refractivity contribution in [3.8, 4) is 0 Å². The quantitative estimate of drug-likeness (QED) is 0.399. The van der Waals surface area contributed by atoms with E-state index in [0.29, 0.717) is 25.3 Å². The van der Waals surface area contributed by atoms with E-state index in [4.69, 9.17) is 16.3 Å². The Bertz CT molecular complexity index is 240. The fraction of sp³-hybridized carbons (Fsp3) is 0.778. The molecule has 0 aromatic carbocycles. The second-order valence-corrected chi connectivity index (χ2v) is 3.80. The van der Waals surface area contributed by atoms with Crippen molar-refractivity contribution in [1.82, 2.24) is 0 Å². The van der Waals surface area contributed by atoms with Crippen molar-refractivity contribution in [2.24, 2.45) is 4.99 Å². The predicted octanol–water partition coefficient (Wildman–Crippen LogP) is 1.78. The second-order valence-electron chi connectivity index (χ2n) is 3.15. The summed E-state index contributed by atoms with van der Waals surface area (Å²) in [6.07, 6.45) is 1.49. The van der Waals surface area contributed by atoms with Crippen LogP contribution in [-0.2, 0) is 9.53 Å². The summed E-state index contributed by atoms with van der Waals surface area (Å²) in [5, 5.41) is 0. The fourth-order valence-corrected chi connectivity index (χ4v) is 1.43. The lowest BCUT2D eigenvalue weighted by Crippen LogP contribution is -2.35. The molecular formula is C9H14ClNO2. The van der Waals surface area contributed by atoms with Gasteiger partial charge in [-0.05, 0) is 13.3 Å². The van der Waals surface area contributed by atoms with E-state index in [9.17, 15) is 4.79 Å². The lowest BCUT2D eigenvalue weighted by Gasteiger charge is -2.15. The monoisotopic (exact) mass is 203 g/mol. The number of aliphatic imine (C=N–C) groups is 1. The van der Waals surface area contributed by atoms with Crippen LogP contribution in [0.25, 0.3) is 0 Å². The maximum absolute atomic E-state index is 11.3. The molecule has 0 aromatic heterocycles. The molecule has 0 N–H and O–H groups in total. The Morgan fingerprint density at radius 1 is 1.77 bits per heavy atom. The highest BCUT2D eigenvalue weighted by molar-refractivity contribution is 6.46. The van der Waals surface area contributed by atoms with Crippen LogP contribution in [0.4, 0.5) is 0 Å². The first-order chi connectivity index (χ1) is 6.11. The molecule has 0 aliphatic carbocycles. The van der Waals surface area contributed by atoms with Crippen LogP contribution in [0.5, 0.6) is 0 Å². The third kappa shape index (κ3) is 2.02. The van der Waals surface area contributed by atoms with Gasteiger partial charge in [0.15, 0.2) is 4.87 Å². The Balaban J connectivity index is 2.73. The van der Waals surface area contributed by atoms with Crippen molar-refractivity contribution < 1.29 is 9.53 Å². The van der Waals surface area contributed by atoms with Crippen molar-refractivity contribution in [2.45, 2.75) is 31.6 Å². The Kier molecular flexibility index (Phi) is 3.31. The predicted molar refractivity (Wildman–Crippen MR) is 52.4 cm³/mol. The summed E-state index contributed by atoms with van der Waals surface area (Å²) in [5.74, 6) is -0.355. The summed E-state index contributed by atoms with van der Waals surface area (Å²) in [5.41, 5.74) is 0.679. The Morgan fingerprint density at radius 2 is 2.46 bits per heavy atom. The molecule has 0 saturated carbocycles. The Hall–Kier alpha value is -0.570. The number of halogens is 1. The molecule has 0 bridgehead atoms. The maximum Gasteiger partial charge on any atom is 0.333 e. The zero-order chi connectivity index (χ0) is 9.90. The SMILES string of the molecule is CCCN=C(C)C1(Cl)CCOC1=O. The van der Waals surface area contributed by atoms with Crippen LogP contribution in [0, 0.1) is 0 Å². The average molecular weight is 204 g/mol. The van der Waals surface area contributed by atoms with E-state index >= 15 is 0 Å². The molecule has 74 valence electrons. The first-order valence-corrected chi connectivity index (χ1v) is 4.86. The van der Waals surface area contributed by atoms with Gasteiger partial charge in [0.25, 0.3) is 0 Å². The summed E-state index contributed by atoms with van der Waals surface area (Å²) in [7, 11) is 0. The van der Waals surface area contributed by atoms with Crippen molar-refractivity contribution >= 4 is 23.3 Å². The van der Waals surface area contributed by atoms with Gasteiger partial charge in [-0.3, -0.25) is 4.99 Å². The second kappa shape index (κ2) is 4.09. The summed E-state index contributed by atoms with van der Waals surface area (Å²) < 4.78 is 4.82. The van der Waals surface area contributed by atoms with Crippen molar-refractivity contribution in [1.29, 1.82) is 0 Å². The van der Waals surface area contributed by atoms with E-state index in [1.54, 1.807) is 6.92 Å². The summed E-state index contributed by atoms with van der Waals surface area (Å²) >= 11 is 6.10. The lowest BCUT2D eigenvalue weighted by atomic mass is 10.0. The van der Waals surface area contributed by atoms with E-state index in [1.165, 1.54) is 0 Å². The van der Waals surface area contributed by atoms with Gasteiger partial charge in [-0.1, -0.05) is 18.5 Å². The molecule has 1 rings (SSSR count). The zero-order valence-electron chi connectivity index (χ0n) is 7.97. The molecule has 0 radical (unpaired) electrons. The van der Waals surface area contributed by atoms with Crippen LogP contribution < -0.4 is 0 Å². The van der Waals surface area contributed by atoms with E-state index in [-0.39, 0.29) is 5.97 Å². The molecule has 1 unspecified atom stereocenters. The van der Waals surface area contributed by atoms with Gasteiger partial charge in [0, 0.05) is 18.7 Å². The summed E-state index contributed by atoms with van der Waals surface area (Å²) in [6.45, 7) is 4.94. The number of cyclic esters (lactones) is 1. The third-order valence-electron chi connectivity index (χ3n) is 2.15. The van der Waals surface area contributed by atoms with Gasteiger partial charge in [0.05, 0.1) is 6.61 Å². The number of nitrogens with zero attached hydrogens (tertiary/aromatic N) is 1. The van der Waals surface area contributed by atoms with Crippen LogP contribution in [0.1, 0.15) is 26.7 Å². The van der Waals surface area contributed by atoms with Gasteiger partial charge in [-0.15, -0.1) is 0 Å². The molecule has 3 nitrogen and oxygen atoms in total. The molecule has 1 saturated heterocycles. The van der Waals surface area contributed by atoms with Gasteiger partial charge < -0.3 is 4.74 Å².